The van der Waals surface area contributed by atoms with Gasteiger partial charge in [-0.25, -0.2) is 0 Å². The van der Waals surface area contributed by atoms with Crippen LogP contribution in [0, 0.1) is 5.92 Å². The molecule has 0 atom stereocenters. The van der Waals surface area contributed by atoms with Crippen molar-refractivity contribution < 1.29 is 13.2 Å². The fourth-order valence-electron chi connectivity index (χ4n) is 3.04. The molecule has 21 heavy (non-hydrogen) atoms. The van der Waals surface area contributed by atoms with Crippen LogP contribution in [0.5, 0.6) is 0 Å². The molecule has 1 aliphatic heterocycles. The van der Waals surface area contributed by atoms with E-state index < -0.39 is 11.7 Å². The lowest BCUT2D eigenvalue weighted by atomic mass is 9.92. The molecule has 1 saturated heterocycles. The minimum Gasteiger partial charge on any atom is -0.371 e. The van der Waals surface area contributed by atoms with Crippen LogP contribution < -0.4 is 4.90 Å². The quantitative estimate of drug-likeness (QED) is 0.627. The number of hydrogen-bond donors (Lipinski definition) is 0. The maximum atomic E-state index is 13.3. The van der Waals surface area contributed by atoms with Gasteiger partial charge in [-0.15, -0.1) is 0 Å². The van der Waals surface area contributed by atoms with Crippen LogP contribution in [0.4, 0.5) is 18.9 Å². The third-order valence-corrected chi connectivity index (χ3v) is 4.82. The maximum Gasteiger partial charge on any atom is 0.418 e. The summed E-state index contributed by atoms with van der Waals surface area (Å²) in [6.07, 6.45) is 0.0192. The van der Waals surface area contributed by atoms with E-state index in [4.69, 9.17) is 0 Å². The van der Waals surface area contributed by atoms with Gasteiger partial charge in [0.1, 0.15) is 0 Å². The van der Waals surface area contributed by atoms with Crippen LogP contribution in [0.15, 0.2) is 18.2 Å². The van der Waals surface area contributed by atoms with Crippen molar-refractivity contribution in [2.45, 2.75) is 44.1 Å². The van der Waals surface area contributed by atoms with E-state index in [1.807, 2.05) is 4.90 Å². The van der Waals surface area contributed by atoms with Gasteiger partial charge in [0.05, 0.1) is 5.56 Å². The van der Waals surface area contributed by atoms with Crippen molar-refractivity contribution in [2.24, 2.45) is 5.92 Å². The summed E-state index contributed by atoms with van der Waals surface area (Å²) < 4.78 is 39.8. The molecule has 0 unspecified atom stereocenters. The third-order valence-electron chi connectivity index (χ3n) is 4.17. The van der Waals surface area contributed by atoms with Gasteiger partial charge in [-0.2, -0.15) is 13.2 Å². The van der Waals surface area contributed by atoms with Crippen molar-refractivity contribution in [1.82, 2.24) is 0 Å². The van der Waals surface area contributed by atoms with Gasteiger partial charge >= 0.3 is 6.18 Å². The first-order valence-electron chi connectivity index (χ1n) is 7.46. The Kier molecular flexibility index (Phi) is 5.58. The molecule has 0 radical (unpaired) electrons. The Morgan fingerprint density at radius 1 is 1.24 bits per heavy atom. The molecule has 2 rings (SSSR count). The van der Waals surface area contributed by atoms with Gasteiger partial charge in [-0.1, -0.05) is 41.8 Å². The van der Waals surface area contributed by atoms with Gasteiger partial charge in [0.2, 0.25) is 0 Å². The molecule has 0 aliphatic carbocycles. The third kappa shape index (κ3) is 4.15. The van der Waals surface area contributed by atoms with Gasteiger partial charge in [0.25, 0.3) is 0 Å². The Morgan fingerprint density at radius 3 is 2.43 bits per heavy atom. The average molecular weight is 364 g/mol. The van der Waals surface area contributed by atoms with Crippen LogP contribution in [0.3, 0.4) is 0 Å². The number of rotatable bonds is 4. The molecule has 0 bridgehead atoms. The smallest absolute Gasteiger partial charge is 0.371 e. The first-order chi connectivity index (χ1) is 9.95. The summed E-state index contributed by atoms with van der Waals surface area (Å²) >= 11 is 3.22. The predicted molar refractivity (Wildman–Crippen MR) is 83.9 cm³/mol. The van der Waals surface area contributed by atoms with Crippen LogP contribution in [0.25, 0.3) is 0 Å². The van der Waals surface area contributed by atoms with Gasteiger partial charge in [0, 0.05) is 24.1 Å². The summed E-state index contributed by atoms with van der Waals surface area (Å²) in [6, 6.07) is 4.67. The number of piperidine rings is 1. The lowest BCUT2D eigenvalue weighted by Crippen LogP contribution is -2.35. The van der Waals surface area contributed by atoms with Crippen LogP contribution in [0.2, 0.25) is 0 Å². The van der Waals surface area contributed by atoms with Gasteiger partial charge in [-0.3, -0.25) is 0 Å². The molecule has 1 fully saturated rings. The SMILES string of the molecule is CCCC1CCN(c2ccc(CBr)cc2C(F)(F)F)CC1. The molecule has 1 aromatic rings. The number of nitrogens with zero attached hydrogens (tertiary/aromatic N) is 1. The number of alkyl halides is 4. The summed E-state index contributed by atoms with van der Waals surface area (Å²) in [4.78, 5) is 1.90. The van der Waals surface area contributed by atoms with E-state index in [9.17, 15) is 13.2 Å². The molecule has 0 N–H and O–H groups in total. The van der Waals surface area contributed by atoms with Gasteiger partial charge < -0.3 is 4.90 Å². The minimum atomic E-state index is -4.30. The molecule has 118 valence electrons. The monoisotopic (exact) mass is 363 g/mol. The number of anilines is 1. The molecule has 0 spiro atoms. The Labute approximate surface area is 132 Å². The molecule has 0 saturated carbocycles. The number of hydrogen-bond acceptors (Lipinski definition) is 1. The van der Waals surface area contributed by atoms with Crippen molar-refractivity contribution in [3.05, 3.63) is 29.3 Å². The molecular formula is C16H21BrF3N. The van der Waals surface area contributed by atoms with Crippen molar-refractivity contribution in [1.29, 1.82) is 0 Å². The van der Waals surface area contributed by atoms with E-state index in [2.05, 4.69) is 22.9 Å². The summed E-state index contributed by atoms with van der Waals surface area (Å²) in [7, 11) is 0. The van der Waals surface area contributed by atoms with Gasteiger partial charge in [0.15, 0.2) is 0 Å². The zero-order chi connectivity index (χ0) is 15.5. The van der Waals surface area contributed by atoms with E-state index in [1.54, 1.807) is 12.1 Å². The topological polar surface area (TPSA) is 3.24 Å². The molecule has 1 aliphatic rings. The number of benzene rings is 1. The fourth-order valence-corrected chi connectivity index (χ4v) is 3.39. The summed E-state index contributed by atoms with van der Waals surface area (Å²) in [5.74, 6) is 0.669. The molecule has 0 aromatic heterocycles. The molecule has 1 heterocycles. The van der Waals surface area contributed by atoms with E-state index in [0.29, 0.717) is 22.5 Å². The van der Waals surface area contributed by atoms with Gasteiger partial charge in [-0.05, 0) is 36.5 Å². The zero-order valence-electron chi connectivity index (χ0n) is 12.2. The lowest BCUT2D eigenvalue weighted by molar-refractivity contribution is -0.137. The Hall–Kier alpha value is -0.710. The summed E-state index contributed by atoms with van der Waals surface area (Å²) in [6.45, 7) is 3.61. The second-order valence-corrected chi connectivity index (χ2v) is 6.26. The second kappa shape index (κ2) is 7.03. The average Bonchev–Trinajstić information content (AvgIpc) is 2.47. The highest BCUT2D eigenvalue weighted by atomic mass is 79.9. The standard InChI is InChI=1S/C16H21BrF3N/c1-2-3-12-6-8-21(9-7-12)15-5-4-13(11-17)10-14(15)16(18,19)20/h4-5,10,12H,2-3,6-9,11H2,1H3. The van der Waals surface area contributed by atoms with Crippen LogP contribution in [-0.4, -0.2) is 13.1 Å². The molecule has 1 aromatic carbocycles. The number of halogens is 4. The lowest BCUT2D eigenvalue weighted by Gasteiger charge is -2.35. The Balaban J connectivity index is 2.20. The predicted octanol–water partition coefficient (Wildman–Crippen LogP) is 5.62. The largest absolute Gasteiger partial charge is 0.418 e. The minimum absolute atomic E-state index is 0.335. The highest BCUT2D eigenvalue weighted by Gasteiger charge is 2.35. The zero-order valence-corrected chi connectivity index (χ0v) is 13.8. The highest BCUT2D eigenvalue weighted by Crippen LogP contribution is 2.39. The molecule has 1 nitrogen and oxygen atoms in total. The van der Waals surface area contributed by atoms with Crippen molar-refractivity contribution in [3.8, 4) is 0 Å². The first kappa shape index (κ1) is 16.7. The van der Waals surface area contributed by atoms with E-state index in [1.165, 1.54) is 12.5 Å². The molecule has 5 heteroatoms. The van der Waals surface area contributed by atoms with Crippen LogP contribution >= 0.6 is 15.9 Å². The molecular weight excluding hydrogens is 343 g/mol. The van der Waals surface area contributed by atoms with E-state index in [-0.39, 0.29) is 0 Å². The van der Waals surface area contributed by atoms with Crippen molar-refractivity contribution in [3.63, 3.8) is 0 Å². The Bertz CT molecular complexity index is 465. The maximum absolute atomic E-state index is 13.3. The van der Waals surface area contributed by atoms with Crippen molar-refractivity contribution >= 4 is 21.6 Å². The molecule has 0 amide bonds. The second-order valence-electron chi connectivity index (χ2n) is 5.70. The van der Waals surface area contributed by atoms with Crippen LogP contribution in [-0.2, 0) is 11.5 Å². The Morgan fingerprint density at radius 2 is 1.90 bits per heavy atom. The van der Waals surface area contributed by atoms with Crippen molar-refractivity contribution in [2.75, 3.05) is 18.0 Å². The first-order valence-corrected chi connectivity index (χ1v) is 8.59. The summed E-state index contributed by atoms with van der Waals surface area (Å²) in [5.41, 5.74) is 0.488. The fraction of sp³-hybridized carbons (Fsp3) is 0.625. The highest BCUT2D eigenvalue weighted by molar-refractivity contribution is 9.08. The van der Waals surface area contributed by atoms with E-state index >= 15 is 0 Å². The normalized spacial score (nSPS) is 17.3. The van der Waals surface area contributed by atoms with Crippen LogP contribution in [0.1, 0.15) is 43.7 Å². The van der Waals surface area contributed by atoms with E-state index in [0.717, 1.165) is 32.4 Å². The summed E-state index contributed by atoms with van der Waals surface area (Å²) in [5, 5.41) is 0.439.